The number of ether oxygens (including phenoxy) is 1. The maximum Gasteiger partial charge on any atom is 0.311 e. The van der Waals surface area contributed by atoms with Crippen LogP contribution in [0.1, 0.15) is 6.42 Å². The van der Waals surface area contributed by atoms with Crippen molar-refractivity contribution in [2.24, 2.45) is 5.92 Å². The maximum absolute atomic E-state index is 13.5. The van der Waals surface area contributed by atoms with Crippen molar-refractivity contribution in [1.82, 2.24) is 0 Å². The van der Waals surface area contributed by atoms with Gasteiger partial charge in [-0.1, -0.05) is 28.1 Å². The van der Waals surface area contributed by atoms with Crippen molar-refractivity contribution in [3.05, 3.63) is 58.8 Å². The van der Waals surface area contributed by atoms with Crippen molar-refractivity contribution in [3.8, 4) is 0 Å². The van der Waals surface area contributed by atoms with Crippen LogP contribution in [0.5, 0.6) is 0 Å². The molecule has 0 spiro atoms. The van der Waals surface area contributed by atoms with E-state index in [0.29, 0.717) is 5.69 Å². The molecule has 8 heteroatoms. The van der Waals surface area contributed by atoms with Gasteiger partial charge < -0.3 is 15.0 Å². The summed E-state index contributed by atoms with van der Waals surface area (Å²) in [6.07, 6.45) is 0.0177. The van der Waals surface area contributed by atoms with Gasteiger partial charge in [0.1, 0.15) is 5.82 Å². The van der Waals surface area contributed by atoms with Crippen molar-refractivity contribution >= 4 is 45.1 Å². The molecule has 0 aliphatic carbocycles. The second-order valence-corrected chi connectivity index (χ2v) is 6.93. The smallest absolute Gasteiger partial charge is 0.311 e. The number of amides is 2. The van der Waals surface area contributed by atoms with E-state index >= 15 is 0 Å². The van der Waals surface area contributed by atoms with Crippen LogP contribution in [0.2, 0.25) is 0 Å². The van der Waals surface area contributed by atoms with Gasteiger partial charge >= 0.3 is 5.97 Å². The molecule has 1 fully saturated rings. The van der Waals surface area contributed by atoms with Crippen LogP contribution in [0.25, 0.3) is 0 Å². The predicted octanol–water partition coefficient (Wildman–Crippen LogP) is 3.12. The van der Waals surface area contributed by atoms with E-state index in [2.05, 4.69) is 21.2 Å². The highest BCUT2D eigenvalue weighted by Crippen LogP contribution is 2.27. The average Bonchev–Trinajstić information content (AvgIpc) is 3.04. The summed E-state index contributed by atoms with van der Waals surface area (Å²) in [5.74, 6) is -2.70. The zero-order valence-electron chi connectivity index (χ0n) is 14.2. The minimum Gasteiger partial charge on any atom is -0.455 e. The van der Waals surface area contributed by atoms with Gasteiger partial charge in [-0.05, 0) is 36.4 Å². The number of anilines is 2. The van der Waals surface area contributed by atoms with Crippen LogP contribution in [0.4, 0.5) is 15.8 Å². The molecule has 27 heavy (non-hydrogen) atoms. The van der Waals surface area contributed by atoms with Gasteiger partial charge in [0, 0.05) is 23.1 Å². The van der Waals surface area contributed by atoms with Gasteiger partial charge in [-0.25, -0.2) is 4.39 Å². The molecule has 0 saturated carbocycles. The summed E-state index contributed by atoms with van der Waals surface area (Å²) in [7, 11) is 0. The molecule has 6 nitrogen and oxygen atoms in total. The van der Waals surface area contributed by atoms with E-state index in [-0.39, 0.29) is 24.6 Å². The number of nitrogens with zero attached hydrogens (tertiary/aromatic N) is 1. The molecular formula is C19H16BrFN2O4. The molecule has 140 valence electrons. The second-order valence-electron chi connectivity index (χ2n) is 6.02. The molecule has 1 N–H and O–H groups in total. The Labute approximate surface area is 163 Å². The molecular weight excluding hydrogens is 419 g/mol. The lowest BCUT2D eigenvalue weighted by Gasteiger charge is -2.16. The first-order chi connectivity index (χ1) is 12.9. The Morgan fingerprint density at radius 2 is 1.89 bits per heavy atom. The van der Waals surface area contributed by atoms with E-state index in [9.17, 15) is 18.8 Å². The summed E-state index contributed by atoms with van der Waals surface area (Å²) in [5, 5.41) is 2.33. The van der Waals surface area contributed by atoms with E-state index in [1.807, 2.05) is 0 Å². The third kappa shape index (κ3) is 4.71. The predicted molar refractivity (Wildman–Crippen MR) is 101 cm³/mol. The van der Waals surface area contributed by atoms with Crippen LogP contribution in [-0.4, -0.2) is 30.9 Å². The summed E-state index contributed by atoms with van der Waals surface area (Å²) in [6.45, 7) is -0.357. The Hall–Kier alpha value is -2.74. The molecule has 0 bridgehead atoms. The fourth-order valence-electron chi connectivity index (χ4n) is 2.74. The fourth-order valence-corrected chi connectivity index (χ4v) is 3.00. The third-order valence-electron chi connectivity index (χ3n) is 4.09. The Balaban J connectivity index is 1.53. The van der Waals surface area contributed by atoms with Crippen LogP contribution < -0.4 is 10.2 Å². The van der Waals surface area contributed by atoms with E-state index in [1.165, 1.54) is 23.1 Å². The summed E-state index contributed by atoms with van der Waals surface area (Å²) in [5.41, 5.74) is 0.701. The number of hydrogen-bond donors (Lipinski definition) is 1. The highest BCUT2D eigenvalue weighted by molar-refractivity contribution is 9.10. The van der Waals surface area contributed by atoms with Crippen LogP contribution in [0, 0.1) is 11.7 Å². The number of hydrogen-bond acceptors (Lipinski definition) is 4. The first kappa shape index (κ1) is 19.0. The lowest BCUT2D eigenvalue weighted by molar-refractivity contribution is -0.151. The minimum atomic E-state index is -0.651. The van der Waals surface area contributed by atoms with Gasteiger partial charge in [0.25, 0.3) is 5.91 Å². The summed E-state index contributed by atoms with van der Waals surface area (Å²) < 4.78 is 19.4. The summed E-state index contributed by atoms with van der Waals surface area (Å²) in [4.78, 5) is 37.7. The Kier molecular flexibility index (Phi) is 5.85. The molecule has 1 atom stereocenters. The Morgan fingerprint density at radius 1 is 1.19 bits per heavy atom. The minimum absolute atomic E-state index is 0.0102. The number of halogens is 2. The highest BCUT2D eigenvalue weighted by Gasteiger charge is 2.36. The number of carbonyl (C=O) groups excluding carboxylic acids is 3. The van der Waals surface area contributed by atoms with Crippen molar-refractivity contribution in [1.29, 1.82) is 0 Å². The molecule has 0 aromatic heterocycles. The first-order valence-corrected chi connectivity index (χ1v) is 9.00. The van der Waals surface area contributed by atoms with Crippen molar-refractivity contribution < 1.29 is 23.5 Å². The number of benzene rings is 2. The molecule has 2 aromatic carbocycles. The number of nitrogens with one attached hydrogen (secondary N) is 1. The van der Waals surface area contributed by atoms with Crippen LogP contribution in [0.3, 0.4) is 0 Å². The number of carbonyl (C=O) groups is 3. The molecule has 3 rings (SSSR count). The van der Waals surface area contributed by atoms with Gasteiger partial charge in [0.15, 0.2) is 6.61 Å². The fraction of sp³-hybridized carbons (Fsp3) is 0.211. The Bertz CT molecular complexity index is 872. The van der Waals surface area contributed by atoms with Gasteiger partial charge in [0.2, 0.25) is 5.91 Å². The molecule has 1 heterocycles. The van der Waals surface area contributed by atoms with Crippen LogP contribution in [0.15, 0.2) is 53.0 Å². The number of para-hydroxylation sites is 1. The zero-order valence-corrected chi connectivity index (χ0v) is 15.7. The van der Waals surface area contributed by atoms with Gasteiger partial charge in [-0.2, -0.15) is 0 Å². The lowest BCUT2D eigenvalue weighted by atomic mass is 10.1. The topological polar surface area (TPSA) is 75.7 Å². The number of rotatable bonds is 5. The summed E-state index contributed by atoms with van der Waals surface area (Å²) in [6, 6.07) is 12.9. The van der Waals surface area contributed by atoms with E-state index < -0.39 is 30.2 Å². The van der Waals surface area contributed by atoms with Gasteiger partial charge in [-0.3, -0.25) is 14.4 Å². The SMILES string of the molecule is O=C(COC(=O)[C@@H]1CC(=O)N(c2ccc(Br)cc2)C1)Nc1ccccc1F. The monoisotopic (exact) mass is 434 g/mol. The normalized spacial score (nSPS) is 16.3. The maximum atomic E-state index is 13.5. The van der Waals surface area contributed by atoms with Crippen LogP contribution in [-0.2, 0) is 19.1 Å². The molecule has 1 aliphatic rings. The van der Waals surface area contributed by atoms with E-state index in [1.54, 1.807) is 30.3 Å². The number of esters is 1. The van der Waals surface area contributed by atoms with Gasteiger partial charge in [0.05, 0.1) is 11.6 Å². The van der Waals surface area contributed by atoms with Crippen molar-refractivity contribution in [2.75, 3.05) is 23.4 Å². The summed E-state index contributed by atoms with van der Waals surface area (Å²) >= 11 is 3.33. The second kappa shape index (κ2) is 8.30. The lowest BCUT2D eigenvalue weighted by Crippen LogP contribution is -2.28. The van der Waals surface area contributed by atoms with Crippen molar-refractivity contribution in [2.45, 2.75) is 6.42 Å². The first-order valence-electron chi connectivity index (χ1n) is 8.21. The molecule has 1 saturated heterocycles. The average molecular weight is 435 g/mol. The van der Waals surface area contributed by atoms with Crippen molar-refractivity contribution in [3.63, 3.8) is 0 Å². The van der Waals surface area contributed by atoms with E-state index in [0.717, 1.165) is 4.47 Å². The van der Waals surface area contributed by atoms with Crippen LogP contribution >= 0.6 is 15.9 Å². The van der Waals surface area contributed by atoms with E-state index in [4.69, 9.17) is 4.74 Å². The quantitative estimate of drug-likeness (QED) is 0.733. The Morgan fingerprint density at radius 3 is 2.59 bits per heavy atom. The van der Waals surface area contributed by atoms with Gasteiger partial charge in [-0.15, -0.1) is 0 Å². The standard InChI is InChI=1S/C19H16BrFN2O4/c20-13-5-7-14(8-6-13)23-10-12(9-18(23)25)19(26)27-11-17(24)22-16-4-2-1-3-15(16)21/h1-8,12H,9-11H2,(H,22,24)/t12-/m1/s1. The zero-order chi connectivity index (χ0) is 19.4. The highest BCUT2D eigenvalue weighted by atomic mass is 79.9. The molecule has 2 aromatic rings. The molecule has 0 radical (unpaired) electrons. The molecule has 2 amide bonds. The molecule has 1 aliphatic heterocycles. The third-order valence-corrected chi connectivity index (χ3v) is 4.62. The molecule has 0 unspecified atom stereocenters. The largest absolute Gasteiger partial charge is 0.455 e.